The Kier molecular flexibility index (Phi) is 4.82. The van der Waals surface area contributed by atoms with Gasteiger partial charge in [-0.15, -0.1) is 0 Å². The molecule has 0 radical (unpaired) electrons. The van der Waals surface area contributed by atoms with Crippen LogP contribution < -0.4 is 0 Å². The second kappa shape index (κ2) is 5.91. The van der Waals surface area contributed by atoms with Crippen LogP contribution in [0.5, 0.6) is 0 Å². The van der Waals surface area contributed by atoms with Gasteiger partial charge in [0.25, 0.3) is 0 Å². The van der Waals surface area contributed by atoms with Crippen molar-refractivity contribution in [3.8, 4) is 0 Å². The highest BCUT2D eigenvalue weighted by atomic mass is 16.2. The maximum atomic E-state index is 8.68. The van der Waals surface area contributed by atoms with Crippen molar-refractivity contribution in [1.29, 1.82) is 0 Å². The van der Waals surface area contributed by atoms with Gasteiger partial charge in [0.05, 0.1) is 5.69 Å². The second-order valence-electron chi connectivity index (χ2n) is 4.01. The Morgan fingerprint density at radius 1 is 1.20 bits per heavy atom. The third-order valence-corrected chi connectivity index (χ3v) is 2.91. The van der Waals surface area contributed by atoms with E-state index in [2.05, 4.69) is 30.6 Å². The average Bonchev–Trinajstić information content (AvgIpc) is 2.49. The van der Waals surface area contributed by atoms with Crippen LogP contribution in [0.25, 0.3) is 0 Å². The summed E-state index contributed by atoms with van der Waals surface area (Å²) in [6.45, 7) is 7.68. The Bertz CT molecular complexity index is 305. The van der Waals surface area contributed by atoms with Crippen molar-refractivity contribution in [1.82, 2.24) is 9.78 Å². The molecule has 0 aliphatic heterocycles. The molecule has 0 amide bonds. The van der Waals surface area contributed by atoms with Gasteiger partial charge >= 0.3 is 0 Å². The lowest BCUT2D eigenvalue weighted by atomic mass is 10.1. The molecule has 1 rings (SSSR count). The summed E-state index contributed by atoms with van der Waals surface area (Å²) in [7, 11) is 0. The summed E-state index contributed by atoms with van der Waals surface area (Å²) in [5.74, 6) is 0. The molecule has 1 N–H and O–H groups in total. The van der Waals surface area contributed by atoms with Crippen molar-refractivity contribution >= 4 is 0 Å². The van der Waals surface area contributed by atoms with Crippen molar-refractivity contribution in [3.63, 3.8) is 0 Å². The van der Waals surface area contributed by atoms with Crippen LogP contribution in [0.1, 0.15) is 43.1 Å². The van der Waals surface area contributed by atoms with Gasteiger partial charge in [0, 0.05) is 18.8 Å². The van der Waals surface area contributed by atoms with Crippen LogP contribution in [0.15, 0.2) is 0 Å². The minimum absolute atomic E-state index is 0.303. The van der Waals surface area contributed by atoms with Gasteiger partial charge in [-0.3, -0.25) is 4.68 Å². The van der Waals surface area contributed by atoms with Crippen molar-refractivity contribution in [2.45, 2.75) is 53.0 Å². The second-order valence-corrected chi connectivity index (χ2v) is 4.01. The fourth-order valence-corrected chi connectivity index (χ4v) is 2.01. The molecule has 0 fully saturated rings. The highest BCUT2D eigenvalue weighted by Crippen LogP contribution is 2.14. The van der Waals surface area contributed by atoms with Gasteiger partial charge in [-0.05, 0) is 45.1 Å². The summed E-state index contributed by atoms with van der Waals surface area (Å²) in [6, 6.07) is 0. The Balaban J connectivity index is 2.54. The van der Waals surface area contributed by atoms with Gasteiger partial charge in [-0.2, -0.15) is 5.10 Å². The average molecular weight is 210 g/mol. The van der Waals surface area contributed by atoms with E-state index in [9.17, 15) is 0 Å². The van der Waals surface area contributed by atoms with Crippen LogP contribution in [0, 0.1) is 13.8 Å². The number of aromatic nitrogens is 2. The van der Waals surface area contributed by atoms with E-state index in [1.165, 1.54) is 11.3 Å². The molecule has 86 valence electrons. The van der Waals surface area contributed by atoms with Crippen molar-refractivity contribution in [2.24, 2.45) is 0 Å². The van der Waals surface area contributed by atoms with E-state index in [1.807, 2.05) is 0 Å². The van der Waals surface area contributed by atoms with Crippen molar-refractivity contribution in [2.75, 3.05) is 6.61 Å². The lowest BCUT2D eigenvalue weighted by Crippen LogP contribution is -2.03. The van der Waals surface area contributed by atoms with Gasteiger partial charge < -0.3 is 5.11 Å². The lowest BCUT2D eigenvalue weighted by molar-refractivity contribution is 0.281. The fraction of sp³-hybridized carbons (Fsp3) is 0.750. The number of hydrogen-bond donors (Lipinski definition) is 1. The number of aryl methyl sites for hydroxylation is 2. The minimum atomic E-state index is 0.303. The fourth-order valence-electron chi connectivity index (χ4n) is 2.01. The summed E-state index contributed by atoms with van der Waals surface area (Å²) in [5.41, 5.74) is 3.85. The zero-order valence-corrected chi connectivity index (χ0v) is 10.1. The first-order valence-corrected chi connectivity index (χ1v) is 5.84. The van der Waals surface area contributed by atoms with Crippen LogP contribution in [0.3, 0.4) is 0 Å². The number of aliphatic hydroxyl groups is 1. The molecule has 0 aliphatic rings. The molecule has 0 spiro atoms. The number of aliphatic hydroxyl groups excluding tert-OH is 1. The maximum Gasteiger partial charge on any atom is 0.0628 e. The number of rotatable bonds is 6. The van der Waals surface area contributed by atoms with E-state index in [0.717, 1.165) is 37.9 Å². The molecule has 0 saturated heterocycles. The first kappa shape index (κ1) is 12.2. The Morgan fingerprint density at radius 3 is 2.47 bits per heavy atom. The molecule has 1 heterocycles. The molecule has 0 atom stereocenters. The molecule has 0 aliphatic carbocycles. The largest absolute Gasteiger partial charge is 0.396 e. The molecule has 0 unspecified atom stereocenters. The quantitative estimate of drug-likeness (QED) is 0.731. The minimum Gasteiger partial charge on any atom is -0.396 e. The van der Waals surface area contributed by atoms with Crippen LogP contribution >= 0.6 is 0 Å². The molecule has 0 bridgehead atoms. The predicted octanol–water partition coefficient (Wildman–Crippen LogP) is 2.22. The zero-order valence-electron chi connectivity index (χ0n) is 10.1. The van der Waals surface area contributed by atoms with E-state index in [-0.39, 0.29) is 0 Å². The first-order chi connectivity index (χ1) is 7.20. The predicted molar refractivity (Wildman–Crippen MR) is 62.0 cm³/mol. The smallest absolute Gasteiger partial charge is 0.0628 e. The third kappa shape index (κ3) is 3.06. The van der Waals surface area contributed by atoms with Gasteiger partial charge in [0.1, 0.15) is 0 Å². The van der Waals surface area contributed by atoms with Crippen LogP contribution in [0.2, 0.25) is 0 Å². The molecule has 0 aromatic carbocycles. The van der Waals surface area contributed by atoms with Gasteiger partial charge in [0.15, 0.2) is 0 Å². The lowest BCUT2D eigenvalue weighted by Gasteiger charge is -2.04. The Labute approximate surface area is 92.1 Å². The van der Waals surface area contributed by atoms with E-state index >= 15 is 0 Å². The van der Waals surface area contributed by atoms with E-state index < -0.39 is 0 Å². The number of unbranched alkanes of at least 4 members (excludes halogenated alkanes) is 2. The monoisotopic (exact) mass is 210 g/mol. The molecular weight excluding hydrogens is 188 g/mol. The van der Waals surface area contributed by atoms with Crippen LogP contribution in [-0.2, 0) is 13.0 Å². The Hall–Kier alpha value is -0.830. The molecule has 0 saturated carbocycles. The van der Waals surface area contributed by atoms with Crippen LogP contribution in [-0.4, -0.2) is 21.5 Å². The summed E-state index contributed by atoms with van der Waals surface area (Å²) in [5, 5.41) is 13.2. The van der Waals surface area contributed by atoms with Gasteiger partial charge in [0.2, 0.25) is 0 Å². The van der Waals surface area contributed by atoms with Gasteiger partial charge in [-0.25, -0.2) is 0 Å². The van der Waals surface area contributed by atoms with E-state index in [4.69, 9.17) is 5.11 Å². The number of hydrogen-bond acceptors (Lipinski definition) is 2. The van der Waals surface area contributed by atoms with Gasteiger partial charge in [-0.1, -0.05) is 6.92 Å². The summed E-state index contributed by atoms with van der Waals surface area (Å²) in [4.78, 5) is 0. The first-order valence-electron chi connectivity index (χ1n) is 5.84. The van der Waals surface area contributed by atoms with Crippen molar-refractivity contribution < 1.29 is 5.11 Å². The number of nitrogens with zero attached hydrogens (tertiary/aromatic N) is 2. The highest BCUT2D eigenvalue weighted by molar-refractivity contribution is 5.24. The topological polar surface area (TPSA) is 38.0 Å². The molecule has 1 aromatic rings. The summed E-state index contributed by atoms with van der Waals surface area (Å²) < 4.78 is 2.10. The maximum absolute atomic E-state index is 8.68. The van der Waals surface area contributed by atoms with E-state index in [0.29, 0.717) is 6.61 Å². The molecular formula is C12H22N2O. The van der Waals surface area contributed by atoms with Crippen LogP contribution in [0.4, 0.5) is 0 Å². The zero-order chi connectivity index (χ0) is 11.3. The molecule has 3 nitrogen and oxygen atoms in total. The van der Waals surface area contributed by atoms with E-state index in [1.54, 1.807) is 0 Å². The standard InChI is InChI=1S/C12H22N2O/c1-4-12-10(2)13-14(11(12)3)8-6-5-7-9-15/h15H,4-9H2,1-3H3. The Morgan fingerprint density at radius 2 is 1.93 bits per heavy atom. The molecule has 3 heteroatoms. The normalized spacial score (nSPS) is 10.9. The molecule has 15 heavy (non-hydrogen) atoms. The third-order valence-electron chi connectivity index (χ3n) is 2.91. The summed E-state index contributed by atoms with van der Waals surface area (Å²) >= 11 is 0. The SMILES string of the molecule is CCc1c(C)nn(CCCCCO)c1C. The summed E-state index contributed by atoms with van der Waals surface area (Å²) in [6.07, 6.45) is 4.15. The highest BCUT2D eigenvalue weighted by Gasteiger charge is 2.08. The molecule has 1 aromatic heterocycles. The van der Waals surface area contributed by atoms with Crippen molar-refractivity contribution in [3.05, 3.63) is 17.0 Å².